The predicted octanol–water partition coefficient (Wildman–Crippen LogP) is 6.04. The van der Waals surface area contributed by atoms with Crippen LogP contribution in [0.2, 0.25) is 0 Å². The van der Waals surface area contributed by atoms with Gasteiger partial charge in [0.05, 0.1) is 22.6 Å². The van der Waals surface area contributed by atoms with Crippen molar-refractivity contribution in [1.29, 1.82) is 0 Å². The average molecular weight is 599 g/mol. The van der Waals surface area contributed by atoms with Crippen LogP contribution in [0.25, 0.3) is 5.70 Å². The first-order valence-corrected chi connectivity index (χ1v) is 14.7. The van der Waals surface area contributed by atoms with Gasteiger partial charge in [0.2, 0.25) is 0 Å². The van der Waals surface area contributed by atoms with E-state index in [4.69, 9.17) is 4.74 Å². The van der Waals surface area contributed by atoms with Gasteiger partial charge < -0.3 is 10.1 Å². The molecule has 0 spiro atoms. The van der Waals surface area contributed by atoms with Crippen LogP contribution in [0.15, 0.2) is 122 Å². The number of hydrogen-bond acceptors (Lipinski definition) is 7. The van der Waals surface area contributed by atoms with Crippen LogP contribution >= 0.6 is 11.8 Å². The zero-order valence-electron chi connectivity index (χ0n) is 23.2. The molecular formula is C34H22N4O5S. The molecule has 44 heavy (non-hydrogen) atoms. The zero-order valence-corrected chi connectivity index (χ0v) is 24.0. The second-order valence-corrected chi connectivity index (χ2v) is 11.7. The van der Waals surface area contributed by atoms with Crippen LogP contribution in [0.1, 0.15) is 33.0 Å². The molecule has 1 amide bonds. The summed E-state index contributed by atoms with van der Waals surface area (Å²) in [5.74, 6) is -0.337. The van der Waals surface area contributed by atoms with Gasteiger partial charge in [0, 0.05) is 39.5 Å². The lowest BCUT2D eigenvalue weighted by molar-refractivity contribution is 0.103. The van der Waals surface area contributed by atoms with Gasteiger partial charge in [0.25, 0.3) is 5.56 Å². The van der Waals surface area contributed by atoms with Gasteiger partial charge in [-0.05, 0) is 42.0 Å². The number of nitrogens with one attached hydrogen (secondary N) is 2. The summed E-state index contributed by atoms with van der Waals surface area (Å²) in [5, 5.41) is 3.21. The largest absolute Gasteiger partial charge is 0.424 e. The number of fused-ring (bicyclic) bond motifs is 5. The number of para-hydroxylation sites is 2. The maximum atomic E-state index is 13.7. The Bertz CT molecular complexity index is 2170. The Morgan fingerprint density at radius 1 is 0.795 bits per heavy atom. The van der Waals surface area contributed by atoms with Crippen LogP contribution in [0.4, 0.5) is 22.0 Å². The Morgan fingerprint density at radius 2 is 1.41 bits per heavy atom. The summed E-state index contributed by atoms with van der Waals surface area (Å²) in [4.78, 5) is 58.9. The lowest BCUT2D eigenvalue weighted by atomic mass is 9.81. The fourth-order valence-corrected chi connectivity index (χ4v) is 7.20. The molecule has 2 aliphatic heterocycles. The van der Waals surface area contributed by atoms with Crippen molar-refractivity contribution in [3.05, 3.63) is 146 Å². The molecule has 214 valence electrons. The van der Waals surface area contributed by atoms with Crippen LogP contribution in [-0.2, 0) is 7.05 Å². The van der Waals surface area contributed by atoms with E-state index in [9.17, 15) is 19.2 Å². The van der Waals surface area contributed by atoms with Gasteiger partial charge in [-0.1, -0.05) is 72.4 Å². The normalized spacial score (nSPS) is 15.9. The molecule has 4 aromatic carbocycles. The summed E-state index contributed by atoms with van der Waals surface area (Å²) >= 11 is 1.59. The molecule has 0 fully saturated rings. The minimum atomic E-state index is -0.765. The van der Waals surface area contributed by atoms with E-state index in [2.05, 4.69) is 10.3 Å². The van der Waals surface area contributed by atoms with Gasteiger partial charge in [0.1, 0.15) is 11.6 Å². The lowest BCUT2D eigenvalue weighted by Crippen LogP contribution is -2.37. The minimum absolute atomic E-state index is 0.192. The SMILES string of the molecule is Cn1c2c(c(=O)[nH]c1=O)[C@@H](c1ccc(OC(=O)N3c4ccccc4Sc4ccccc43)cc1)C1=C(N2)c2ccccc2C1=O. The van der Waals surface area contributed by atoms with Crippen LogP contribution in [0, 0.1) is 0 Å². The second-order valence-electron chi connectivity index (χ2n) is 10.6. The Balaban J connectivity index is 1.18. The summed E-state index contributed by atoms with van der Waals surface area (Å²) in [7, 11) is 1.56. The Hall–Kier alpha value is -5.61. The second kappa shape index (κ2) is 9.72. The van der Waals surface area contributed by atoms with Crippen LogP contribution in [-0.4, -0.2) is 21.4 Å². The van der Waals surface area contributed by atoms with Crippen LogP contribution in [0.5, 0.6) is 5.75 Å². The number of aromatic nitrogens is 2. The molecule has 0 saturated carbocycles. The topological polar surface area (TPSA) is 114 Å². The van der Waals surface area contributed by atoms with Gasteiger partial charge in [-0.3, -0.25) is 19.1 Å². The Labute approximate surface area is 254 Å². The maximum absolute atomic E-state index is 13.7. The van der Waals surface area contributed by atoms with Gasteiger partial charge in [-0.2, -0.15) is 0 Å². The van der Waals surface area contributed by atoms with E-state index in [0.29, 0.717) is 39.5 Å². The number of Topliss-reactive ketones (excluding diaryl/α,β-unsaturated/α-hetero) is 1. The van der Waals surface area contributed by atoms with Gasteiger partial charge in [-0.25, -0.2) is 14.5 Å². The van der Waals surface area contributed by atoms with Crippen molar-refractivity contribution in [2.75, 3.05) is 10.2 Å². The van der Waals surface area contributed by atoms with Crippen LogP contribution in [0.3, 0.4) is 0 Å². The first kappa shape index (κ1) is 26.1. The molecule has 0 bridgehead atoms. The number of carbonyl (C=O) groups is 2. The van der Waals surface area contributed by atoms with Crippen molar-refractivity contribution in [1.82, 2.24) is 9.55 Å². The molecule has 0 saturated heterocycles. The molecule has 9 nitrogen and oxygen atoms in total. The highest BCUT2D eigenvalue weighted by molar-refractivity contribution is 7.99. The highest BCUT2D eigenvalue weighted by atomic mass is 32.2. The molecular weight excluding hydrogens is 576 g/mol. The summed E-state index contributed by atoms with van der Waals surface area (Å²) in [6.07, 6.45) is -0.567. The van der Waals surface area contributed by atoms with E-state index in [1.54, 1.807) is 60.1 Å². The number of amides is 1. The third-order valence-electron chi connectivity index (χ3n) is 8.17. The maximum Gasteiger partial charge on any atom is 0.424 e. The fraction of sp³-hybridized carbons (Fsp3) is 0.0588. The minimum Gasteiger partial charge on any atom is -0.410 e. The smallest absolute Gasteiger partial charge is 0.410 e. The fourth-order valence-electron chi connectivity index (χ4n) is 6.14. The first-order valence-electron chi connectivity index (χ1n) is 13.9. The number of hydrogen-bond donors (Lipinski definition) is 2. The van der Waals surface area contributed by atoms with Crippen molar-refractivity contribution < 1.29 is 14.3 Å². The Morgan fingerprint density at radius 3 is 2.09 bits per heavy atom. The molecule has 0 radical (unpaired) electrons. The Kier molecular flexibility index (Phi) is 5.75. The number of ether oxygens (including phenoxy) is 1. The number of aromatic amines is 1. The predicted molar refractivity (Wildman–Crippen MR) is 167 cm³/mol. The third-order valence-corrected chi connectivity index (χ3v) is 9.30. The number of carbonyl (C=O) groups excluding carboxylic acids is 2. The summed E-state index contributed by atoms with van der Waals surface area (Å²) < 4.78 is 7.20. The monoisotopic (exact) mass is 598 g/mol. The van der Waals surface area contributed by atoms with Crippen molar-refractivity contribution in [2.45, 2.75) is 15.7 Å². The summed E-state index contributed by atoms with van der Waals surface area (Å²) in [5.41, 5.74) is 3.43. The quantitative estimate of drug-likeness (QED) is 0.255. The van der Waals surface area contributed by atoms with E-state index in [1.807, 2.05) is 60.7 Å². The zero-order chi connectivity index (χ0) is 30.1. The van der Waals surface area contributed by atoms with Crippen molar-refractivity contribution in [2.24, 2.45) is 7.05 Å². The number of anilines is 3. The summed E-state index contributed by atoms with van der Waals surface area (Å²) in [6.45, 7) is 0. The van der Waals surface area contributed by atoms with E-state index in [-0.39, 0.29) is 11.3 Å². The van der Waals surface area contributed by atoms with E-state index in [0.717, 1.165) is 21.2 Å². The van der Waals surface area contributed by atoms with Gasteiger partial charge in [-0.15, -0.1) is 0 Å². The first-order chi connectivity index (χ1) is 21.4. The number of rotatable bonds is 2. The molecule has 3 heterocycles. The number of allylic oxidation sites excluding steroid dienone is 1. The molecule has 3 aliphatic rings. The number of H-pyrrole nitrogens is 1. The highest BCUT2D eigenvalue weighted by Gasteiger charge is 2.42. The average Bonchev–Trinajstić information content (AvgIpc) is 3.33. The number of benzene rings is 4. The van der Waals surface area contributed by atoms with Crippen molar-refractivity contribution in [3.8, 4) is 5.75 Å². The lowest BCUT2D eigenvalue weighted by Gasteiger charge is -2.30. The molecule has 1 aliphatic carbocycles. The number of nitrogens with zero attached hydrogens (tertiary/aromatic N) is 2. The van der Waals surface area contributed by atoms with Crippen LogP contribution < -0.4 is 26.2 Å². The molecule has 5 aromatic rings. The van der Waals surface area contributed by atoms with E-state index < -0.39 is 23.3 Å². The standard InChI is InChI=1S/C34H22N4O5S/c1-37-31-28(32(40)36-33(37)41)26(27-29(35-31)20-8-2-3-9-21(20)30(27)39)18-14-16-19(17-15-18)43-34(42)38-22-10-4-6-12-24(22)44-25-13-7-5-11-23(25)38/h2-17,26,35H,1H3,(H,36,40,41)/t26-/m0/s1. The molecule has 2 N–H and O–H groups in total. The molecule has 0 unspecified atom stereocenters. The van der Waals surface area contributed by atoms with E-state index in [1.165, 1.54) is 4.57 Å². The van der Waals surface area contributed by atoms with Gasteiger partial charge in [0.15, 0.2) is 5.78 Å². The summed E-state index contributed by atoms with van der Waals surface area (Å²) in [6, 6.07) is 29.3. The molecule has 1 aromatic heterocycles. The molecule has 1 atom stereocenters. The highest BCUT2D eigenvalue weighted by Crippen LogP contribution is 2.49. The third kappa shape index (κ3) is 3.81. The van der Waals surface area contributed by atoms with Crippen molar-refractivity contribution >= 4 is 46.5 Å². The van der Waals surface area contributed by atoms with E-state index >= 15 is 0 Å². The molecule has 8 rings (SSSR count). The number of ketones is 1. The molecule has 10 heteroatoms. The van der Waals surface area contributed by atoms with Gasteiger partial charge >= 0.3 is 11.8 Å². The van der Waals surface area contributed by atoms with Crippen molar-refractivity contribution in [3.63, 3.8) is 0 Å².